The van der Waals surface area contributed by atoms with Crippen LogP contribution >= 0.6 is 23.1 Å². The molecule has 2 aromatic carbocycles. The topological polar surface area (TPSA) is 64.6 Å². The molecule has 3 heterocycles. The second-order valence-electron chi connectivity index (χ2n) is 8.02. The van der Waals surface area contributed by atoms with Gasteiger partial charge in [-0.2, -0.15) is 0 Å². The molecule has 34 heavy (non-hydrogen) atoms. The molecule has 1 fully saturated rings. The van der Waals surface area contributed by atoms with Crippen LogP contribution in [-0.4, -0.2) is 47.3 Å². The number of carbonyl (C=O) groups excluding carboxylic acids is 1. The third-order valence-corrected chi connectivity index (χ3v) is 7.98. The lowest BCUT2D eigenvalue weighted by Gasteiger charge is -2.26. The highest BCUT2D eigenvalue weighted by Crippen LogP contribution is 2.41. The third-order valence-electron chi connectivity index (χ3n) is 6.12. The van der Waals surface area contributed by atoms with E-state index < -0.39 is 0 Å². The number of hydrogen-bond donors (Lipinski definition) is 0. The summed E-state index contributed by atoms with van der Waals surface area (Å²) in [5, 5.41) is 3.98. The molecule has 0 spiro atoms. The Bertz CT molecular complexity index is 1310. The fraction of sp³-hybridized carbons (Fsp3) is 0.269. The van der Waals surface area contributed by atoms with Crippen molar-refractivity contribution >= 4 is 39.2 Å². The Morgan fingerprint density at radius 3 is 2.79 bits per heavy atom. The lowest BCUT2D eigenvalue weighted by molar-refractivity contribution is -0.129. The fourth-order valence-electron chi connectivity index (χ4n) is 4.49. The highest BCUT2D eigenvalue weighted by Gasteiger charge is 2.32. The fourth-order valence-corrected chi connectivity index (χ4v) is 6.37. The number of methoxy groups -OCH3 is 2. The minimum atomic E-state index is -0.0235. The van der Waals surface area contributed by atoms with Crippen molar-refractivity contribution in [3.8, 4) is 22.6 Å². The van der Waals surface area contributed by atoms with Gasteiger partial charge in [-0.15, -0.1) is 11.3 Å². The highest BCUT2D eigenvalue weighted by atomic mass is 32.2. The molecule has 0 saturated carbocycles. The molecule has 174 valence electrons. The molecule has 1 amide bonds. The average Bonchev–Trinajstić information content (AvgIpc) is 3.55. The summed E-state index contributed by atoms with van der Waals surface area (Å²) in [4.78, 5) is 25.3. The molecule has 1 aliphatic heterocycles. The summed E-state index contributed by atoms with van der Waals surface area (Å²) in [6.45, 7) is 0.733. The van der Waals surface area contributed by atoms with Crippen LogP contribution in [0, 0.1) is 0 Å². The smallest absolute Gasteiger partial charge is 0.233 e. The second-order valence-corrected chi connectivity index (χ2v) is 9.84. The van der Waals surface area contributed by atoms with Gasteiger partial charge >= 0.3 is 0 Å². The summed E-state index contributed by atoms with van der Waals surface area (Å²) < 4.78 is 11.0. The standard InChI is InChI=1S/C26H25N3O3S2/c1-31-18-10-11-22(32-2)19(13-18)21-9-6-12-29(21)23(30)15-34-26-24-20(17-7-4-3-5-8-17)14-33-25(24)27-16-28-26/h3-5,7-8,10-11,13-14,16,21H,6,9,12,15H2,1-2H3. The van der Waals surface area contributed by atoms with Crippen LogP contribution in [0.4, 0.5) is 0 Å². The van der Waals surface area contributed by atoms with Gasteiger partial charge in [-0.25, -0.2) is 9.97 Å². The lowest BCUT2D eigenvalue weighted by Crippen LogP contribution is -2.32. The lowest BCUT2D eigenvalue weighted by atomic mass is 10.0. The van der Waals surface area contributed by atoms with Crippen LogP contribution in [0.15, 0.2) is 65.3 Å². The Labute approximate surface area is 206 Å². The molecule has 5 rings (SSSR count). The molecule has 0 aliphatic carbocycles. The number of hydrogen-bond acceptors (Lipinski definition) is 7. The normalized spacial score (nSPS) is 15.6. The first kappa shape index (κ1) is 22.7. The predicted molar refractivity (Wildman–Crippen MR) is 137 cm³/mol. The van der Waals surface area contributed by atoms with Gasteiger partial charge < -0.3 is 14.4 Å². The summed E-state index contributed by atoms with van der Waals surface area (Å²) in [5.74, 6) is 1.96. The van der Waals surface area contributed by atoms with Gasteiger partial charge in [0.2, 0.25) is 5.91 Å². The van der Waals surface area contributed by atoms with Crippen LogP contribution in [0.1, 0.15) is 24.4 Å². The van der Waals surface area contributed by atoms with Crippen molar-refractivity contribution in [3.63, 3.8) is 0 Å². The van der Waals surface area contributed by atoms with E-state index >= 15 is 0 Å². The number of fused-ring (bicyclic) bond motifs is 1. The highest BCUT2D eigenvalue weighted by molar-refractivity contribution is 8.00. The molecule has 1 saturated heterocycles. The van der Waals surface area contributed by atoms with Gasteiger partial charge in [0, 0.05) is 23.1 Å². The van der Waals surface area contributed by atoms with Gasteiger partial charge in [0.25, 0.3) is 0 Å². The van der Waals surface area contributed by atoms with E-state index in [1.54, 1.807) is 31.9 Å². The Morgan fingerprint density at radius 1 is 1.15 bits per heavy atom. The Morgan fingerprint density at radius 2 is 2.00 bits per heavy atom. The molecule has 1 atom stereocenters. The molecule has 0 radical (unpaired) electrons. The zero-order valence-electron chi connectivity index (χ0n) is 19.1. The second kappa shape index (κ2) is 10.0. The van der Waals surface area contributed by atoms with Gasteiger partial charge in [-0.3, -0.25) is 4.79 Å². The number of thiophene rings is 1. The molecule has 6 nitrogen and oxygen atoms in total. The van der Waals surface area contributed by atoms with Gasteiger partial charge in [-0.05, 0) is 36.6 Å². The first-order valence-electron chi connectivity index (χ1n) is 11.1. The van der Waals surface area contributed by atoms with E-state index in [0.717, 1.165) is 62.8 Å². The maximum atomic E-state index is 13.4. The minimum absolute atomic E-state index is 0.0235. The van der Waals surface area contributed by atoms with Gasteiger partial charge in [0.05, 0.1) is 31.4 Å². The quantitative estimate of drug-likeness (QED) is 0.239. The molecule has 0 N–H and O–H groups in total. The number of ether oxygens (including phenoxy) is 2. The number of rotatable bonds is 7. The van der Waals surface area contributed by atoms with Crippen molar-refractivity contribution < 1.29 is 14.3 Å². The molecule has 0 bridgehead atoms. The van der Waals surface area contributed by atoms with Gasteiger partial charge in [-0.1, -0.05) is 42.1 Å². The van der Waals surface area contributed by atoms with E-state index in [2.05, 4.69) is 27.5 Å². The van der Waals surface area contributed by atoms with Gasteiger partial charge in [0.15, 0.2) is 0 Å². The van der Waals surface area contributed by atoms with E-state index in [1.165, 1.54) is 11.8 Å². The maximum Gasteiger partial charge on any atom is 0.233 e. The summed E-state index contributed by atoms with van der Waals surface area (Å²) in [6, 6.07) is 16.0. The number of thioether (sulfide) groups is 1. The molecule has 1 unspecified atom stereocenters. The Balaban J connectivity index is 1.38. The number of benzene rings is 2. The van der Waals surface area contributed by atoms with Crippen molar-refractivity contribution in [2.75, 3.05) is 26.5 Å². The van der Waals surface area contributed by atoms with E-state index in [1.807, 2.05) is 41.3 Å². The largest absolute Gasteiger partial charge is 0.497 e. The summed E-state index contributed by atoms with van der Waals surface area (Å²) in [7, 11) is 3.31. The maximum absolute atomic E-state index is 13.4. The SMILES string of the molecule is COc1ccc(OC)c(C2CCCN2C(=O)CSc2ncnc3scc(-c4ccccc4)c23)c1. The molecular formula is C26H25N3O3S2. The van der Waals surface area contributed by atoms with Crippen molar-refractivity contribution in [3.05, 3.63) is 65.8 Å². The van der Waals surface area contributed by atoms with Gasteiger partial charge in [0.1, 0.15) is 27.7 Å². The molecule has 2 aromatic heterocycles. The Kier molecular flexibility index (Phi) is 6.69. The summed E-state index contributed by atoms with van der Waals surface area (Å²) in [6.07, 6.45) is 3.45. The van der Waals surface area contributed by atoms with Crippen LogP contribution in [0.25, 0.3) is 21.3 Å². The zero-order valence-corrected chi connectivity index (χ0v) is 20.7. The van der Waals surface area contributed by atoms with E-state index in [-0.39, 0.29) is 11.9 Å². The zero-order chi connectivity index (χ0) is 23.5. The van der Waals surface area contributed by atoms with E-state index in [4.69, 9.17) is 9.47 Å². The van der Waals surface area contributed by atoms with Crippen molar-refractivity contribution in [2.24, 2.45) is 0 Å². The van der Waals surface area contributed by atoms with Crippen molar-refractivity contribution in [1.82, 2.24) is 14.9 Å². The van der Waals surface area contributed by atoms with Crippen LogP contribution < -0.4 is 9.47 Å². The van der Waals surface area contributed by atoms with Crippen molar-refractivity contribution in [2.45, 2.75) is 23.9 Å². The minimum Gasteiger partial charge on any atom is -0.497 e. The van der Waals surface area contributed by atoms with Crippen LogP contribution in [-0.2, 0) is 4.79 Å². The third kappa shape index (κ3) is 4.35. The number of likely N-dealkylation sites (tertiary alicyclic amines) is 1. The first-order valence-corrected chi connectivity index (χ1v) is 13.0. The van der Waals surface area contributed by atoms with E-state index in [9.17, 15) is 4.79 Å². The van der Waals surface area contributed by atoms with Crippen LogP contribution in [0.2, 0.25) is 0 Å². The Hall–Kier alpha value is -3.10. The predicted octanol–water partition coefficient (Wildman–Crippen LogP) is 5.83. The van der Waals surface area contributed by atoms with E-state index in [0.29, 0.717) is 5.75 Å². The monoisotopic (exact) mass is 491 g/mol. The number of aromatic nitrogens is 2. The molecule has 4 aromatic rings. The average molecular weight is 492 g/mol. The number of amides is 1. The number of nitrogens with zero attached hydrogens (tertiary/aromatic N) is 3. The summed E-state index contributed by atoms with van der Waals surface area (Å²) >= 11 is 3.08. The molecule has 1 aliphatic rings. The first-order chi connectivity index (χ1) is 16.7. The molecular weight excluding hydrogens is 466 g/mol. The number of carbonyl (C=O) groups is 1. The van der Waals surface area contributed by atoms with Crippen molar-refractivity contribution in [1.29, 1.82) is 0 Å². The summed E-state index contributed by atoms with van der Waals surface area (Å²) in [5.41, 5.74) is 3.23. The molecule has 8 heteroatoms. The van der Waals surface area contributed by atoms with Crippen LogP contribution in [0.3, 0.4) is 0 Å². The van der Waals surface area contributed by atoms with Crippen LogP contribution in [0.5, 0.6) is 11.5 Å².